The van der Waals surface area contributed by atoms with Crippen molar-refractivity contribution in [2.24, 2.45) is 0 Å². The third-order valence-electron chi connectivity index (χ3n) is 5.13. The van der Waals surface area contributed by atoms with E-state index in [1.807, 2.05) is 0 Å². The molecule has 1 nitrogen and oxygen atoms in total. The maximum atomic E-state index is 2.33. The van der Waals surface area contributed by atoms with Crippen molar-refractivity contribution < 1.29 is 0 Å². The van der Waals surface area contributed by atoms with Gasteiger partial charge in [0.2, 0.25) is 0 Å². The zero-order chi connectivity index (χ0) is 19.1. The van der Waals surface area contributed by atoms with Gasteiger partial charge in [0.25, 0.3) is 0 Å². The van der Waals surface area contributed by atoms with Crippen molar-refractivity contribution >= 4 is 0 Å². The molecule has 0 aromatic rings. The number of allylic oxidation sites excluding steroid dienone is 2. The van der Waals surface area contributed by atoms with Gasteiger partial charge in [0.05, 0.1) is 0 Å². The number of rotatable bonds is 20. The summed E-state index contributed by atoms with van der Waals surface area (Å²) in [5.41, 5.74) is 0. The Kier molecular flexibility index (Phi) is 21.7. The van der Waals surface area contributed by atoms with Gasteiger partial charge in [-0.1, -0.05) is 116 Å². The smallest absolute Gasteiger partial charge is 0.0106 e. The van der Waals surface area contributed by atoms with Gasteiger partial charge in [-0.2, -0.15) is 0 Å². The van der Waals surface area contributed by atoms with Crippen molar-refractivity contribution in [1.82, 2.24) is 4.90 Å². The topological polar surface area (TPSA) is 3.24 Å². The van der Waals surface area contributed by atoms with Crippen molar-refractivity contribution in [1.29, 1.82) is 0 Å². The highest BCUT2D eigenvalue weighted by molar-refractivity contribution is 4.90. The van der Waals surface area contributed by atoms with E-state index in [9.17, 15) is 0 Å². The van der Waals surface area contributed by atoms with E-state index in [4.69, 9.17) is 0 Å². The van der Waals surface area contributed by atoms with Crippen LogP contribution >= 0.6 is 0 Å². The van der Waals surface area contributed by atoms with Crippen LogP contribution in [0.1, 0.15) is 129 Å². The summed E-state index contributed by atoms with van der Waals surface area (Å²) in [6.07, 6.45) is 34.1. The summed E-state index contributed by atoms with van der Waals surface area (Å²) < 4.78 is 0. The molecular weight excluding hydrogens is 314 g/mol. The highest BCUT2D eigenvalue weighted by atomic mass is 15.0. The molecule has 0 heterocycles. The highest BCUT2D eigenvalue weighted by Crippen LogP contribution is 2.11. The van der Waals surface area contributed by atoms with Crippen LogP contribution in [0.25, 0.3) is 0 Å². The molecule has 154 valence electrons. The lowest BCUT2D eigenvalue weighted by Gasteiger charge is -2.07. The van der Waals surface area contributed by atoms with Crippen molar-refractivity contribution in [3.05, 3.63) is 24.6 Å². The molecule has 0 aromatic carbocycles. The first-order chi connectivity index (χ1) is 12.8. The Labute approximate surface area is 166 Å². The molecule has 0 spiro atoms. The van der Waals surface area contributed by atoms with E-state index in [2.05, 4.69) is 50.3 Å². The summed E-state index contributed by atoms with van der Waals surface area (Å²) in [5.74, 6) is 0. The maximum Gasteiger partial charge on any atom is 0.0106 e. The maximum absolute atomic E-state index is 2.33. The highest BCUT2D eigenvalue weighted by Gasteiger charge is 1.92. The second-order valence-electron chi connectivity index (χ2n) is 7.96. The number of unbranched alkanes of at least 4 members (excludes halogenated alkanes) is 16. The zero-order valence-corrected chi connectivity index (χ0v) is 18.5. The Bertz CT molecular complexity index is 275. The number of nitrogens with zero attached hydrogens (tertiary/aromatic N) is 1. The summed E-state index contributed by atoms with van der Waals surface area (Å²) in [6, 6.07) is 0. The van der Waals surface area contributed by atoms with Gasteiger partial charge in [0.15, 0.2) is 0 Å². The molecule has 0 saturated heterocycles. The molecule has 0 rings (SSSR count). The van der Waals surface area contributed by atoms with Gasteiger partial charge in [-0.3, -0.25) is 0 Å². The van der Waals surface area contributed by atoms with Gasteiger partial charge in [0.1, 0.15) is 0 Å². The van der Waals surface area contributed by atoms with Crippen LogP contribution in [0.2, 0.25) is 0 Å². The first kappa shape index (κ1) is 25.3. The molecule has 0 fully saturated rings. The molecule has 0 aliphatic rings. The Morgan fingerprint density at radius 2 is 0.769 bits per heavy atom. The van der Waals surface area contributed by atoms with Gasteiger partial charge in [0, 0.05) is 7.05 Å². The van der Waals surface area contributed by atoms with Crippen LogP contribution < -0.4 is 0 Å². The van der Waals surface area contributed by atoms with Crippen molar-refractivity contribution in [2.75, 3.05) is 7.05 Å². The average Bonchev–Trinajstić information content (AvgIpc) is 2.64. The minimum absolute atomic E-state index is 1.23. The van der Waals surface area contributed by atoms with Crippen LogP contribution in [-0.4, -0.2) is 11.9 Å². The van der Waals surface area contributed by atoms with E-state index >= 15 is 0 Å². The predicted molar refractivity (Wildman–Crippen MR) is 120 cm³/mol. The molecule has 0 saturated carbocycles. The van der Waals surface area contributed by atoms with Crippen molar-refractivity contribution in [2.45, 2.75) is 129 Å². The molecule has 0 radical (unpaired) electrons. The fourth-order valence-corrected chi connectivity index (χ4v) is 3.32. The molecule has 0 unspecified atom stereocenters. The average molecular weight is 364 g/mol. The summed E-state index contributed by atoms with van der Waals surface area (Å²) in [6.45, 7) is 4.57. The SMILES string of the molecule is CCCCCCCCCC/C=C/N(C)/C=C/CCCCCCCCCC. The molecule has 0 amide bonds. The fraction of sp³-hybridized carbons (Fsp3) is 0.840. The Hall–Kier alpha value is -0.720. The number of hydrogen-bond acceptors (Lipinski definition) is 1. The molecule has 0 N–H and O–H groups in total. The van der Waals surface area contributed by atoms with E-state index in [1.165, 1.54) is 116 Å². The normalized spacial score (nSPS) is 11.8. The second-order valence-corrected chi connectivity index (χ2v) is 7.96. The van der Waals surface area contributed by atoms with Gasteiger partial charge >= 0.3 is 0 Å². The van der Waals surface area contributed by atoms with Crippen LogP contribution in [0.5, 0.6) is 0 Å². The predicted octanol–water partition coefficient (Wildman–Crippen LogP) is 9.01. The summed E-state index contributed by atoms with van der Waals surface area (Å²) >= 11 is 0. The van der Waals surface area contributed by atoms with Crippen LogP contribution in [0.4, 0.5) is 0 Å². The number of hydrogen-bond donors (Lipinski definition) is 0. The molecule has 0 atom stereocenters. The van der Waals surface area contributed by atoms with Gasteiger partial charge in [-0.05, 0) is 38.1 Å². The van der Waals surface area contributed by atoms with E-state index in [-0.39, 0.29) is 0 Å². The lowest BCUT2D eigenvalue weighted by Crippen LogP contribution is -1.99. The van der Waals surface area contributed by atoms with E-state index < -0.39 is 0 Å². The summed E-state index contributed by atoms with van der Waals surface area (Å²) in [5, 5.41) is 0. The lowest BCUT2D eigenvalue weighted by atomic mass is 10.1. The van der Waals surface area contributed by atoms with E-state index in [0.717, 1.165) is 0 Å². The molecule has 0 aliphatic heterocycles. The minimum Gasteiger partial charge on any atom is -0.358 e. The Morgan fingerprint density at radius 3 is 1.12 bits per heavy atom. The monoisotopic (exact) mass is 363 g/mol. The first-order valence-electron chi connectivity index (χ1n) is 11.9. The quantitative estimate of drug-likeness (QED) is 0.195. The van der Waals surface area contributed by atoms with Gasteiger partial charge in [-0.15, -0.1) is 0 Å². The Balaban J connectivity index is 3.34. The molecule has 26 heavy (non-hydrogen) atoms. The first-order valence-corrected chi connectivity index (χ1v) is 11.9. The van der Waals surface area contributed by atoms with Crippen LogP contribution in [0, 0.1) is 0 Å². The van der Waals surface area contributed by atoms with Crippen LogP contribution in [0.3, 0.4) is 0 Å². The van der Waals surface area contributed by atoms with E-state index in [0.29, 0.717) is 0 Å². The third kappa shape index (κ3) is 21.3. The Morgan fingerprint density at radius 1 is 0.462 bits per heavy atom. The molecule has 0 bridgehead atoms. The molecule has 0 aliphatic carbocycles. The van der Waals surface area contributed by atoms with Crippen LogP contribution in [0.15, 0.2) is 24.6 Å². The fourth-order valence-electron chi connectivity index (χ4n) is 3.32. The molecular formula is C25H49N. The van der Waals surface area contributed by atoms with Gasteiger partial charge in [-0.25, -0.2) is 0 Å². The van der Waals surface area contributed by atoms with Crippen molar-refractivity contribution in [3.63, 3.8) is 0 Å². The summed E-state index contributed by atoms with van der Waals surface area (Å²) in [7, 11) is 2.15. The zero-order valence-electron chi connectivity index (χ0n) is 18.5. The van der Waals surface area contributed by atoms with Crippen LogP contribution in [-0.2, 0) is 0 Å². The minimum atomic E-state index is 1.23. The van der Waals surface area contributed by atoms with Crippen molar-refractivity contribution in [3.8, 4) is 0 Å². The van der Waals surface area contributed by atoms with Gasteiger partial charge < -0.3 is 4.90 Å². The lowest BCUT2D eigenvalue weighted by molar-refractivity contribution is 0.572. The third-order valence-corrected chi connectivity index (χ3v) is 5.13. The largest absolute Gasteiger partial charge is 0.358 e. The molecule has 1 heteroatoms. The molecule has 0 aromatic heterocycles. The summed E-state index contributed by atoms with van der Waals surface area (Å²) in [4.78, 5) is 2.20. The second kappa shape index (κ2) is 22.3. The standard InChI is InChI=1S/C25H49N/c1-4-6-8-10-12-14-16-18-20-22-24-26(3)25-23-21-19-17-15-13-11-9-7-5-2/h22-25H,4-21H2,1-3H3/b24-22+,25-23+. The van der Waals surface area contributed by atoms with E-state index in [1.54, 1.807) is 0 Å².